The fraction of sp³-hybridized carbons (Fsp3) is 0.375. The van der Waals surface area contributed by atoms with Crippen LogP contribution >= 0.6 is 11.6 Å². The highest BCUT2D eigenvalue weighted by Crippen LogP contribution is 2.15. The Morgan fingerprint density at radius 3 is 2.57 bits per heavy atom. The van der Waals surface area contributed by atoms with Crippen molar-refractivity contribution in [3.63, 3.8) is 0 Å². The lowest BCUT2D eigenvalue weighted by atomic mass is 10.2. The average molecular weight is 341 g/mol. The molecule has 0 amide bonds. The number of rotatable bonds is 4. The summed E-state index contributed by atoms with van der Waals surface area (Å²) in [6, 6.07) is 7.49. The van der Waals surface area contributed by atoms with Crippen molar-refractivity contribution in [3.05, 3.63) is 53.6 Å². The van der Waals surface area contributed by atoms with Gasteiger partial charge in [-0.1, -0.05) is 29.8 Å². The minimum Gasteiger partial charge on any atom is -0.449 e. The van der Waals surface area contributed by atoms with Gasteiger partial charge in [-0.05, 0) is 25.5 Å². The highest BCUT2D eigenvalue weighted by atomic mass is 35.5. The van der Waals surface area contributed by atoms with Gasteiger partial charge in [-0.3, -0.25) is 0 Å². The quantitative estimate of drug-likeness (QED) is 0.865. The fourth-order valence-electron chi connectivity index (χ4n) is 1.39. The van der Waals surface area contributed by atoms with Gasteiger partial charge in [-0.2, -0.15) is 0 Å². The minimum atomic E-state index is -0.958. The number of aliphatic hydroxyl groups is 1. The summed E-state index contributed by atoms with van der Waals surface area (Å²) >= 11 is 5.98. The van der Waals surface area contributed by atoms with Crippen molar-refractivity contribution in [1.82, 2.24) is 9.55 Å². The zero-order valence-electron chi connectivity index (χ0n) is 13.4. The molecule has 0 aliphatic heterocycles. The van der Waals surface area contributed by atoms with E-state index in [9.17, 15) is 4.79 Å². The number of benzene rings is 1. The molecule has 0 atom stereocenters. The van der Waals surface area contributed by atoms with Crippen LogP contribution in [-0.4, -0.2) is 40.3 Å². The van der Waals surface area contributed by atoms with Gasteiger partial charge < -0.3 is 14.6 Å². The highest BCUT2D eigenvalue weighted by molar-refractivity contribution is 6.31. The second kappa shape index (κ2) is 9.29. The summed E-state index contributed by atoms with van der Waals surface area (Å²) in [5.41, 5.74) is 0.965. The molecule has 1 N–H and O–H groups in total. The van der Waals surface area contributed by atoms with E-state index in [2.05, 4.69) is 9.72 Å². The lowest BCUT2D eigenvalue weighted by Crippen LogP contribution is -2.20. The Morgan fingerprint density at radius 2 is 2.04 bits per heavy atom. The molecule has 0 radical (unpaired) electrons. The molecule has 0 unspecified atom stereocenters. The monoisotopic (exact) mass is 340 g/mol. The van der Waals surface area contributed by atoms with E-state index < -0.39 is 11.9 Å². The molecule has 7 heteroatoms. The van der Waals surface area contributed by atoms with Gasteiger partial charge in [0.15, 0.2) is 5.79 Å². The third-order valence-electron chi connectivity index (χ3n) is 2.77. The summed E-state index contributed by atoms with van der Waals surface area (Å²) in [5.74, 6) is -0.958. The van der Waals surface area contributed by atoms with Crippen molar-refractivity contribution in [2.45, 2.75) is 26.1 Å². The predicted molar refractivity (Wildman–Crippen MR) is 87.4 cm³/mol. The molecule has 0 fully saturated rings. The van der Waals surface area contributed by atoms with Gasteiger partial charge in [0, 0.05) is 30.9 Å². The van der Waals surface area contributed by atoms with Gasteiger partial charge in [0.25, 0.3) is 0 Å². The molecule has 0 aliphatic carbocycles. The summed E-state index contributed by atoms with van der Waals surface area (Å²) in [7, 11) is 1.46. The maximum absolute atomic E-state index is 11.4. The Labute approximate surface area is 140 Å². The van der Waals surface area contributed by atoms with Crippen molar-refractivity contribution in [2.24, 2.45) is 0 Å². The maximum atomic E-state index is 11.4. The first-order chi connectivity index (χ1) is 10.8. The van der Waals surface area contributed by atoms with Crippen molar-refractivity contribution in [2.75, 3.05) is 13.7 Å². The zero-order valence-corrected chi connectivity index (χ0v) is 14.2. The minimum absolute atomic E-state index is 0.292. The standard InChI is InChI=1S/C12H11ClN2O2.C4H10O2/c13-11-4-2-1-3-10(11)5-8-17-12(16)15-7-6-14-9-15;1-4(2,5)6-3/h1-4,6-7,9H,5,8H2;5H,1-3H3. The van der Waals surface area contributed by atoms with Crippen molar-refractivity contribution in [3.8, 4) is 0 Å². The van der Waals surface area contributed by atoms with Crippen molar-refractivity contribution < 1.29 is 19.4 Å². The number of hydrogen-bond acceptors (Lipinski definition) is 5. The molecule has 1 aromatic carbocycles. The topological polar surface area (TPSA) is 73.6 Å². The van der Waals surface area contributed by atoms with Crippen molar-refractivity contribution >= 4 is 17.7 Å². The van der Waals surface area contributed by atoms with Crippen LogP contribution in [-0.2, 0) is 15.9 Å². The van der Waals surface area contributed by atoms with Crippen LogP contribution in [0.15, 0.2) is 43.0 Å². The van der Waals surface area contributed by atoms with Gasteiger partial charge in [0.1, 0.15) is 6.33 Å². The number of ether oxygens (including phenoxy) is 2. The van der Waals surface area contributed by atoms with Crippen LogP contribution in [0.5, 0.6) is 0 Å². The molecule has 0 aliphatic rings. The van der Waals surface area contributed by atoms with E-state index in [1.165, 1.54) is 30.4 Å². The normalized spacial score (nSPS) is 10.7. The summed E-state index contributed by atoms with van der Waals surface area (Å²) in [6.07, 6.45) is 4.63. The van der Waals surface area contributed by atoms with Gasteiger partial charge in [0.2, 0.25) is 0 Å². The van der Waals surface area contributed by atoms with Crippen LogP contribution in [0.4, 0.5) is 4.79 Å². The van der Waals surface area contributed by atoms with Gasteiger partial charge in [0.05, 0.1) is 6.61 Å². The molecular weight excluding hydrogens is 320 g/mol. The Bertz CT molecular complexity index is 594. The third kappa shape index (κ3) is 7.78. The zero-order chi connectivity index (χ0) is 17.3. The van der Waals surface area contributed by atoms with Crippen LogP contribution in [0.3, 0.4) is 0 Å². The van der Waals surface area contributed by atoms with Crippen LogP contribution in [0, 0.1) is 0 Å². The lowest BCUT2D eigenvalue weighted by Gasteiger charge is -2.12. The second-order valence-corrected chi connectivity index (χ2v) is 5.48. The molecule has 0 saturated heterocycles. The first-order valence-electron chi connectivity index (χ1n) is 6.99. The number of aromatic nitrogens is 2. The average Bonchev–Trinajstić information content (AvgIpc) is 3.03. The molecule has 0 spiro atoms. The van der Waals surface area contributed by atoms with E-state index in [-0.39, 0.29) is 0 Å². The number of nitrogens with zero attached hydrogens (tertiary/aromatic N) is 2. The molecule has 126 valence electrons. The smallest absolute Gasteiger partial charge is 0.419 e. The largest absolute Gasteiger partial charge is 0.449 e. The third-order valence-corrected chi connectivity index (χ3v) is 3.14. The number of hydrogen-bond donors (Lipinski definition) is 1. The van der Waals surface area contributed by atoms with E-state index in [4.69, 9.17) is 21.4 Å². The molecule has 1 aromatic heterocycles. The summed E-state index contributed by atoms with van der Waals surface area (Å²) in [4.78, 5) is 15.2. The van der Waals surface area contributed by atoms with Crippen LogP contribution in [0.25, 0.3) is 0 Å². The number of methoxy groups -OCH3 is 1. The van der Waals surface area contributed by atoms with Crippen LogP contribution in [0.2, 0.25) is 5.02 Å². The Balaban J connectivity index is 0.000000379. The predicted octanol–water partition coefficient (Wildman–Crippen LogP) is 3.13. The Kier molecular flexibility index (Phi) is 7.74. The number of carbonyl (C=O) groups excluding carboxylic acids is 1. The van der Waals surface area contributed by atoms with E-state index in [0.29, 0.717) is 18.1 Å². The summed E-state index contributed by atoms with van der Waals surface area (Å²) < 4.78 is 10.8. The summed E-state index contributed by atoms with van der Waals surface area (Å²) in [5, 5.41) is 9.29. The van der Waals surface area contributed by atoms with Crippen molar-refractivity contribution in [1.29, 1.82) is 0 Å². The van der Waals surface area contributed by atoms with E-state index in [0.717, 1.165) is 5.56 Å². The molecule has 2 aromatic rings. The SMILES string of the molecule is COC(C)(C)O.O=C(OCCc1ccccc1Cl)n1ccnc1. The first kappa shape index (κ1) is 19.2. The number of imidazole rings is 1. The summed E-state index contributed by atoms with van der Waals surface area (Å²) in [6.45, 7) is 3.45. The van der Waals surface area contributed by atoms with Crippen LogP contribution < -0.4 is 0 Å². The highest BCUT2D eigenvalue weighted by Gasteiger charge is 2.07. The van der Waals surface area contributed by atoms with E-state index in [1.54, 1.807) is 13.8 Å². The molecular formula is C16H21ClN2O4. The fourth-order valence-corrected chi connectivity index (χ4v) is 1.62. The first-order valence-corrected chi connectivity index (χ1v) is 7.37. The van der Waals surface area contributed by atoms with Gasteiger partial charge in [-0.15, -0.1) is 0 Å². The number of halogens is 1. The molecule has 23 heavy (non-hydrogen) atoms. The van der Waals surface area contributed by atoms with E-state index >= 15 is 0 Å². The van der Waals surface area contributed by atoms with Gasteiger partial charge in [-0.25, -0.2) is 14.3 Å². The number of carbonyl (C=O) groups is 1. The Morgan fingerprint density at radius 1 is 1.39 bits per heavy atom. The van der Waals surface area contributed by atoms with E-state index in [1.807, 2.05) is 24.3 Å². The van der Waals surface area contributed by atoms with Gasteiger partial charge >= 0.3 is 6.09 Å². The maximum Gasteiger partial charge on any atom is 0.419 e. The lowest BCUT2D eigenvalue weighted by molar-refractivity contribution is -0.155. The molecule has 0 bridgehead atoms. The molecule has 6 nitrogen and oxygen atoms in total. The molecule has 1 heterocycles. The Hall–Kier alpha value is -1.89. The second-order valence-electron chi connectivity index (χ2n) is 5.08. The molecule has 2 rings (SSSR count). The molecule has 0 saturated carbocycles. The van der Waals surface area contributed by atoms with Crippen LogP contribution in [0.1, 0.15) is 19.4 Å².